The van der Waals surface area contributed by atoms with Gasteiger partial charge in [-0.25, -0.2) is 9.98 Å². The second kappa shape index (κ2) is 5.70. The number of aryl methyl sites for hydroxylation is 1. The molecule has 2 rings (SSSR count). The Kier molecular flexibility index (Phi) is 3.99. The highest BCUT2D eigenvalue weighted by atomic mass is 32.1. The molecule has 2 aromatic rings. The fourth-order valence-electron chi connectivity index (χ4n) is 1.77. The van der Waals surface area contributed by atoms with Gasteiger partial charge in [-0.1, -0.05) is 0 Å². The molecule has 0 fully saturated rings. The van der Waals surface area contributed by atoms with E-state index in [1.54, 1.807) is 12.4 Å². The molecule has 0 spiro atoms. The fraction of sp³-hybridized carbons (Fsp3) is 0.154. The van der Waals surface area contributed by atoms with Crippen LogP contribution in [-0.4, -0.2) is 29.6 Å². The van der Waals surface area contributed by atoms with Gasteiger partial charge in [0.1, 0.15) is 4.83 Å². The lowest BCUT2D eigenvalue weighted by atomic mass is 10.2. The van der Waals surface area contributed by atoms with Gasteiger partial charge in [-0.05, 0) is 32.8 Å². The Hall–Kier alpha value is -2.41. The van der Waals surface area contributed by atoms with Crippen LogP contribution in [0.15, 0.2) is 26.0 Å². The van der Waals surface area contributed by atoms with E-state index in [1.807, 2.05) is 13.8 Å². The van der Waals surface area contributed by atoms with Gasteiger partial charge < -0.3 is 0 Å². The average Bonchev–Trinajstić information content (AvgIpc) is 2.77. The van der Waals surface area contributed by atoms with Gasteiger partial charge in [-0.3, -0.25) is 19.8 Å². The van der Waals surface area contributed by atoms with Crippen LogP contribution < -0.4 is 5.56 Å². The van der Waals surface area contributed by atoms with Crippen molar-refractivity contribution >= 4 is 52.8 Å². The molecule has 0 atom stereocenters. The summed E-state index contributed by atoms with van der Waals surface area (Å²) in [6, 6.07) is 0. The van der Waals surface area contributed by atoms with Crippen molar-refractivity contribution in [2.45, 2.75) is 13.8 Å². The Labute approximate surface area is 119 Å². The molecule has 7 heteroatoms. The number of rotatable bonds is 4. The lowest BCUT2D eigenvalue weighted by molar-refractivity contribution is 1.15. The first-order chi connectivity index (χ1) is 9.62. The van der Waals surface area contributed by atoms with Gasteiger partial charge in [0.05, 0.1) is 22.2 Å². The molecule has 0 saturated heterocycles. The Balaban J connectivity index is 2.76. The number of thiophene rings is 1. The maximum absolute atomic E-state index is 12.0. The highest BCUT2D eigenvalue weighted by Crippen LogP contribution is 2.33. The van der Waals surface area contributed by atoms with E-state index >= 15 is 0 Å². The number of aromatic nitrogens is 2. The molecule has 0 radical (unpaired) electrons. The number of nitrogens with zero attached hydrogens (tertiary/aromatic N) is 4. The third-order valence-electron chi connectivity index (χ3n) is 2.69. The molecule has 0 amide bonds. The summed E-state index contributed by atoms with van der Waals surface area (Å²) in [6.07, 6.45) is 3.25. The van der Waals surface area contributed by atoms with E-state index in [4.69, 9.17) is 0 Å². The van der Waals surface area contributed by atoms with E-state index in [1.165, 1.54) is 11.3 Å². The number of fused-ring (bicyclic) bond motifs is 1. The van der Waals surface area contributed by atoms with Crippen LogP contribution in [0.1, 0.15) is 17.4 Å². The average molecular weight is 287 g/mol. The molecule has 2 aromatic heterocycles. The topological polar surface area (TPSA) is 82.8 Å². The largest absolute Gasteiger partial charge is 0.290 e. The van der Waals surface area contributed by atoms with Crippen LogP contribution in [0.2, 0.25) is 0 Å². The molecular formula is C13H13N5OS. The molecule has 0 bridgehead atoms. The number of nitrogens with one attached hydrogen (secondary N) is 1. The maximum atomic E-state index is 12.0. The minimum atomic E-state index is -0.236. The van der Waals surface area contributed by atoms with Crippen molar-refractivity contribution in [1.82, 2.24) is 9.97 Å². The normalized spacial score (nSPS) is 12.2. The number of aromatic amines is 1. The van der Waals surface area contributed by atoms with Gasteiger partial charge in [-0.15, -0.1) is 11.3 Å². The first kappa shape index (κ1) is 14.0. The zero-order valence-electron chi connectivity index (χ0n) is 11.2. The van der Waals surface area contributed by atoms with Crippen LogP contribution >= 0.6 is 11.3 Å². The highest BCUT2D eigenvalue weighted by molar-refractivity contribution is 7.19. The fourth-order valence-corrected chi connectivity index (χ4v) is 2.92. The van der Waals surface area contributed by atoms with Crippen LogP contribution in [0.5, 0.6) is 0 Å². The third-order valence-corrected chi connectivity index (χ3v) is 3.89. The Morgan fingerprint density at radius 3 is 2.80 bits per heavy atom. The van der Waals surface area contributed by atoms with Gasteiger partial charge >= 0.3 is 0 Å². The van der Waals surface area contributed by atoms with Gasteiger partial charge in [-0.2, -0.15) is 0 Å². The molecule has 0 aliphatic rings. The Morgan fingerprint density at radius 1 is 1.45 bits per heavy atom. The maximum Gasteiger partial charge on any atom is 0.261 e. The standard InChI is InChI=1S/C13H13N5OS/c1-5-16-6-8(14-3)10-7(2)9-11(19)17-13(15-4)18-12(9)20-10/h5-6H,3-4H2,1-2H3,(H,17,18,19)/b8-6-,16-5?. The van der Waals surface area contributed by atoms with Crippen molar-refractivity contribution in [3.63, 3.8) is 0 Å². The quantitative estimate of drug-likeness (QED) is 0.877. The minimum Gasteiger partial charge on any atom is -0.290 e. The van der Waals surface area contributed by atoms with Crippen LogP contribution in [0.4, 0.5) is 5.95 Å². The summed E-state index contributed by atoms with van der Waals surface area (Å²) in [5.74, 6) is 0.207. The van der Waals surface area contributed by atoms with E-state index in [9.17, 15) is 4.79 Å². The third kappa shape index (κ3) is 2.35. The van der Waals surface area contributed by atoms with Crippen molar-refractivity contribution in [3.8, 4) is 0 Å². The summed E-state index contributed by atoms with van der Waals surface area (Å²) >= 11 is 1.36. The summed E-state index contributed by atoms with van der Waals surface area (Å²) in [7, 11) is 0. The molecule has 0 aliphatic carbocycles. The molecular weight excluding hydrogens is 274 g/mol. The second-order valence-electron chi connectivity index (χ2n) is 3.86. The second-order valence-corrected chi connectivity index (χ2v) is 4.86. The molecule has 20 heavy (non-hydrogen) atoms. The van der Waals surface area contributed by atoms with Crippen LogP contribution in [0.25, 0.3) is 15.9 Å². The summed E-state index contributed by atoms with van der Waals surface area (Å²) in [5, 5.41) is 0.535. The van der Waals surface area contributed by atoms with Crippen LogP contribution in [0.3, 0.4) is 0 Å². The van der Waals surface area contributed by atoms with Crippen molar-refractivity contribution in [3.05, 3.63) is 27.0 Å². The van der Waals surface area contributed by atoms with Crippen molar-refractivity contribution < 1.29 is 0 Å². The van der Waals surface area contributed by atoms with E-state index in [2.05, 4.69) is 38.4 Å². The zero-order chi connectivity index (χ0) is 14.7. The highest BCUT2D eigenvalue weighted by Gasteiger charge is 2.16. The molecule has 0 saturated carbocycles. The van der Waals surface area contributed by atoms with Crippen molar-refractivity contribution in [1.29, 1.82) is 0 Å². The summed E-state index contributed by atoms with van der Waals surface area (Å²) in [4.78, 5) is 31.9. The number of H-pyrrole nitrogens is 1. The lowest BCUT2D eigenvalue weighted by Gasteiger charge is -1.97. The Morgan fingerprint density at radius 2 is 2.20 bits per heavy atom. The van der Waals surface area contributed by atoms with Gasteiger partial charge in [0, 0.05) is 6.21 Å². The van der Waals surface area contributed by atoms with E-state index < -0.39 is 0 Å². The summed E-state index contributed by atoms with van der Waals surface area (Å²) in [5.41, 5.74) is 1.18. The first-order valence-electron chi connectivity index (χ1n) is 5.77. The first-order valence-corrected chi connectivity index (χ1v) is 6.59. The van der Waals surface area contributed by atoms with Crippen molar-refractivity contribution in [2.24, 2.45) is 15.0 Å². The van der Waals surface area contributed by atoms with Crippen LogP contribution in [-0.2, 0) is 0 Å². The lowest BCUT2D eigenvalue weighted by Crippen LogP contribution is -2.06. The molecule has 2 heterocycles. The number of aliphatic imine (C=N–C) groups is 3. The SMILES string of the molecule is C=N/C(=C\N=CC)c1sc2nc(N=C)[nH]c(=O)c2c1C. The molecule has 0 aromatic carbocycles. The predicted molar refractivity (Wildman–Crippen MR) is 85.9 cm³/mol. The van der Waals surface area contributed by atoms with Gasteiger partial charge in [0.15, 0.2) is 0 Å². The zero-order valence-corrected chi connectivity index (χ0v) is 12.0. The molecule has 1 N–H and O–H groups in total. The summed E-state index contributed by atoms with van der Waals surface area (Å²) in [6.45, 7) is 10.6. The molecule has 0 aliphatic heterocycles. The number of hydrogen-bond donors (Lipinski definition) is 1. The summed E-state index contributed by atoms with van der Waals surface area (Å²) < 4.78 is 0. The number of hydrogen-bond acceptors (Lipinski definition) is 6. The van der Waals surface area contributed by atoms with E-state index in [0.717, 1.165) is 10.4 Å². The Bertz CT molecular complexity index is 797. The monoisotopic (exact) mass is 287 g/mol. The van der Waals surface area contributed by atoms with E-state index in [-0.39, 0.29) is 11.5 Å². The van der Waals surface area contributed by atoms with Crippen molar-refractivity contribution in [2.75, 3.05) is 0 Å². The van der Waals surface area contributed by atoms with Crippen LogP contribution in [0, 0.1) is 6.92 Å². The molecule has 6 nitrogen and oxygen atoms in total. The van der Waals surface area contributed by atoms with E-state index in [0.29, 0.717) is 15.9 Å². The molecule has 0 unspecified atom stereocenters. The predicted octanol–water partition coefficient (Wildman–Crippen LogP) is 2.71. The van der Waals surface area contributed by atoms with Gasteiger partial charge in [0.2, 0.25) is 5.95 Å². The minimum absolute atomic E-state index is 0.207. The smallest absolute Gasteiger partial charge is 0.261 e. The van der Waals surface area contributed by atoms with Gasteiger partial charge in [0.25, 0.3) is 5.56 Å². The molecule has 102 valence electrons.